The third kappa shape index (κ3) is 2.87. The number of benzene rings is 1. The highest BCUT2D eigenvalue weighted by Crippen LogP contribution is 2.33. The van der Waals surface area contributed by atoms with Gasteiger partial charge in [0.2, 0.25) is 0 Å². The van der Waals surface area contributed by atoms with Crippen LogP contribution in [0.15, 0.2) is 42.6 Å². The number of imidazole rings is 1. The summed E-state index contributed by atoms with van der Waals surface area (Å²) in [6.07, 6.45) is 3.84. The number of methoxy groups -OCH3 is 2. The van der Waals surface area contributed by atoms with Gasteiger partial charge in [-0.3, -0.25) is 0 Å². The van der Waals surface area contributed by atoms with E-state index in [4.69, 9.17) is 20.2 Å². The second kappa shape index (κ2) is 6.71. The summed E-state index contributed by atoms with van der Waals surface area (Å²) in [6.45, 7) is 0.658. The first-order chi connectivity index (χ1) is 11.3. The van der Waals surface area contributed by atoms with Gasteiger partial charge in [-0.05, 0) is 49.7 Å². The zero-order valence-corrected chi connectivity index (χ0v) is 13.5. The van der Waals surface area contributed by atoms with E-state index in [2.05, 4.69) is 4.40 Å². The third-order valence-corrected chi connectivity index (χ3v) is 3.90. The number of rotatable bonds is 6. The largest absolute Gasteiger partial charge is 0.493 e. The van der Waals surface area contributed by atoms with Crippen molar-refractivity contribution in [3.05, 3.63) is 48.3 Å². The number of hydrogen-bond acceptors (Lipinski definition) is 4. The maximum atomic E-state index is 5.70. The molecule has 23 heavy (non-hydrogen) atoms. The van der Waals surface area contributed by atoms with E-state index >= 15 is 0 Å². The van der Waals surface area contributed by atoms with Gasteiger partial charge in [0.25, 0.3) is 0 Å². The zero-order chi connectivity index (χ0) is 16.2. The van der Waals surface area contributed by atoms with E-state index in [1.807, 2.05) is 42.6 Å². The summed E-state index contributed by atoms with van der Waals surface area (Å²) < 4.78 is 12.9. The Morgan fingerprint density at radius 1 is 1.09 bits per heavy atom. The van der Waals surface area contributed by atoms with Crippen molar-refractivity contribution < 1.29 is 9.47 Å². The first-order valence-electron chi connectivity index (χ1n) is 7.67. The zero-order valence-electron chi connectivity index (χ0n) is 13.5. The lowest BCUT2D eigenvalue weighted by Gasteiger charge is -2.10. The number of fused-ring (bicyclic) bond motifs is 1. The summed E-state index contributed by atoms with van der Waals surface area (Å²) in [5, 5.41) is 0. The number of aromatic nitrogens is 2. The molecule has 5 heteroatoms. The fourth-order valence-electron chi connectivity index (χ4n) is 2.77. The smallest absolute Gasteiger partial charge is 0.161 e. The van der Waals surface area contributed by atoms with Crippen molar-refractivity contribution in [3.63, 3.8) is 0 Å². The molecule has 0 spiro atoms. The van der Waals surface area contributed by atoms with Crippen LogP contribution in [-0.4, -0.2) is 30.1 Å². The molecule has 0 unspecified atom stereocenters. The van der Waals surface area contributed by atoms with E-state index < -0.39 is 0 Å². The molecular formula is C18H21N3O2. The summed E-state index contributed by atoms with van der Waals surface area (Å²) in [5.74, 6) is 1.41. The Kier molecular flexibility index (Phi) is 4.48. The summed E-state index contributed by atoms with van der Waals surface area (Å²) in [7, 11) is 3.27. The van der Waals surface area contributed by atoms with Crippen LogP contribution >= 0.6 is 0 Å². The highest BCUT2D eigenvalue weighted by atomic mass is 16.5. The van der Waals surface area contributed by atoms with E-state index in [1.54, 1.807) is 14.2 Å². The van der Waals surface area contributed by atoms with Crippen molar-refractivity contribution in [1.29, 1.82) is 0 Å². The van der Waals surface area contributed by atoms with Crippen LogP contribution in [0.2, 0.25) is 0 Å². The highest BCUT2D eigenvalue weighted by Gasteiger charge is 2.15. The van der Waals surface area contributed by atoms with Crippen LogP contribution in [0.4, 0.5) is 0 Å². The van der Waals surface area contributed by atoms with Crippen LogP contribution < -0.4 is 15.2 Å². The van der Waals surface area contributed by atoms with Crippen LogP contribution in [0.3, 0.4) is 0 Å². The molecule has 0 saturated carbocycles. The molecule has 0 aliphatic carbocycles. The Bertz CT molecular complexity index is 811. The molecule has 0 aliphatic heterocycles. The Morgan fingerprint density at radius 2 is 1.91 bits per heavy atom. The van der Waals surface area contributed by atoms with Gasteiger partial charge in [-0.1, -0.05) is 6.07 Å². The van der Waals surface area contributed by atoms with Crippen LogP contribution in [0, 0.1) is 0 Å². The summed E-state index contributed by atoms with van der Waals surface area (Å²) in [5.41, 5.74) is 9.77. The predicted octanol–water partition coefficient (Wildman–Crippen LogP) is 2.91. The normalized spacial score (nSPS) is 10.9. The van der Waals surface area contributed by atoms with Crippen molar-refractivity contribution in [1.82, 2.24) is 9.38 Å². The molecule has 2 N–H and O–H groups in total. The molecule has 2 aromatic heterocycles. The van der Waals surface area contributed by atoms with E-state index in [1.165, 1.54) is 5.69 Å². The number of aryl methyl sites for hydroxylation is 1. The first-order valence-corrected chi connectivity index (χ1v) is 7.67. The molecule has 3 rings (SSSR count). The van der Waals surface area contributed by atoms with Crippen LogP contribution in [0.5, 0.6) is 11.5 Å². The Balaban J connectivity index is 2.14. The van der Waals surface area contributed by atoms with Gasteiger partial charge in [-0.25, -0.2) is 4.98 Å². The fraction of sp³-hybridized carbons (Fsp3) is 0.278. The standard InChI is InChI=1S/C18H21N3O2/c1-22-15-9-8-13(12-16(15)23-2)18-14(6-5-10-19)21-11-4-3-7-17(21)20-18/h3-4,7-9,11-12H,5-6,10,19H2,1-2H3. The number of ether oxygens (including phenoxy) is 2. The SMILES string of the molecule is COc1ccc(-c2nc3ccccn3c2CCCN)cc1OC. The van der Waals surface area contributed by atoms with Gasteiger partial charge < -0.3 is 19.6 Å². The monoisotopic (exact) mass is 311 g/mol. The third-order valence-electron chi connectivity index (χ3n) is 3.90. The molecule has 1 aromatic carbocycles. The molecule has 0 amide bonds. The minimum Gasteiger partial charge on any atom is -0.493 e. The van der Waals surface area contributed by atoms with Crippen LogP contribution in [0.1, 0.15) is 12.1 Å². The second-order valence-electron chi connectivity index (χ2n) is 5.30. The number of pyridine rings is 1. The molecule has 2 heterocycles. The van der Waals surface area contributed by atoms with Crippen LogP contribution in [-0.2, 0) is 6.42 Å². The van der Waals surface area contributed by atoms with Crippen molar-refractivity contribution >= 4 is 5.65 Å². The molecule has 5 nitrogen and oxygen atoms in total. The molecule has 3 aromatic rings. The van der Waals surface area contributed by atoms with Gasteiger partial charge in [0.05, 0.1) is 25.6 Å². The minimum absolute atomic E-state index is 0.658. The van der Waals surface area contributed by atoms with Gasteiger partial charge in [0, 0.05) is 11.8 Å². The number of nitrogens with two attached hydrogens (primary N) is 1. The van der Waals surface area contributed by atoms with Crippen molar-refractivity contribution in [2.24, 2.45) is 5.73 Å². The average Bonchev–Trinajstić information content (AvgIpc) is 2.97. The molecule has 0 radical (unpaired) electrons. The Labute approximate surface area is 135 Å². The quantitative estimate of drug-likeness (QED) is 0.760. The maximum absolute atomic E-state index is 5.70. The number of nitrogens with zero attached hydrogens (tertiary/aromatic N) is 2. The molecule has 0 atom stereocenters. The Morgan fingerprint density at radius 3 is 2.65 bits per heavy atom. The summed E-state index contributed by atoms with van der Waals surface area (Å²) in [4.78, 5) is 4.79. The Hall–Kier alpha value is -2.53. The fourth-order valence-corrected chi connectivity index (χ4v) is 2.77. The van der Waals surface area contributed by atoms with Crippen molar-refractivity contribution in [3.8, 4) is 22.8 Å². The first kappa shape index (κ1) is 15.4. The minimum atomic E-state index is 0.658. The van der Waals surface area contributed by atoms with E-state index in [9.17, 15) is 0 Å². The van der Waals surface area contributed by atoms with Crippen molar-refractivity contribution in [2.75, 3.05) is 20.8 Å². The summed E-state index contributed by atoms with van der Waals surface area (Å²) in [6, 6.07) is 11.9. The van der Waals surface area contributed by atoms with E-state index in [0.717, 1.165) is 29.7 Å². The maximum Gasteiger partial charge on any atom is 0.161 e. The molecule has 0 fully saturated rings. The molecule has 0 bridgehead atoms. The molecule has 0 saturated heterocycles. The van der Waals surface area contributed by atoms with Gasteiger partial charge in [0.1, 0.15) is 5.65 Å². The average molecular weight is 311 g/mol. The molecule has 120 valence electrons. The lowest BCUT2D eigenvalue weighted by molar-refractivity contribution is 0.355. The van der Waals surface area contributed by atoms with Gasteiger partial charge in [-0.15, -0.1) is 0 Å². The predicted molar refractivity (Wildman–Crippen MR) is 91.1 cm³/mol. The molecular weight excluding hydrogens is 290 g/mol. The van der Waals surface area contributed by atoms with Crippen LogP contribution in [0.25, 0.3) is 16.9 Å². The van der Waals surface area contributed by atoms with Gasteiger partial charge in [-0.2, -0.15) is 0 Å². The highest BCUT2D eigenvalue weighted by molar-refractivity contribution is 5.69. The number of hydrogen-bond donors (Lipinski definition) is 1. The summed E-state index contributed by atoms with van der Waals surface area (Å²) >= 11 is 0. The van der Waals surface area contributed by atoms with E-state index in [-0.39, 0.29) is 0 Å². The van der Waals surface area contributed by atoms with Crippen molar-refractivity contribution in [2.45, 2.75) is 12.8 Å². The topological polar surface area (TPSA) is 61.8 Å². The molecule has 0 aliphatic rings. The van der Waals surface area contributed by atoms with Gasteiger partial charge >= 0.3 is 0 Å². The lowest BCUT2D eigenvalue weighted by atomic mass is 10.1. The van der Waals surface area contributed by atoms with Gasteiger partial charge in [0.15, 0.2) is 11.5 Å². The van der Waals surface area contributed by atoms with E-state index in [0.29, 0.717) is 18.0 Å². The lowest BCUT2D eigenvalue weighted by Crippen LogP contribution is -2.03. The second-order valence-corrected chi connectivity index (χ2v) is 5.30.